The van der Waals surface area contributed by atoms with Crippen molar-refractivity contribution in [3.63, 3.8) is 0 Å². The fourth-order valence-corrected chi connectivity index (χ4v) is 3.55. The maximum absolute atomic E-state index is 12.5. The monoisotopic (exact) mass is 616 g/mol. The summed E-state index contributed by atoms with van der Waals surface area (Å²) < 4.78 is 9.73. The van der Waals surface area contributed by atoms with E-state index in [9.17, 15) is 29.4 Å². The van der Waals surface area contributed by atoms with Crippen LogP contribution in [0.2, 0.25) is 0 Å². The van der Waals surface area contributed by atoms with Crippen molar-refractivity contribution in [3.8, 4) is 0 Å². The summed E-state index contributed by atoms with van der Waals surface area (Å²) in [6.07, 6.45) is 29.3. The Hall–Kier alpha value is -3.76. The number of esters is 2. The number of hydrogen-bond donors (Lipinski definition) is 4. The van der Waals surface area contributed by atoms with Gasteiger partial charge in [0.25, 0.3) is 0 Å². The van der Waals surface area contributed by atoms with Crippen LogP contribution in [-0.2, 0) is 28.7 Å². The molecule has 0 rings (SSSR count). The third-order valence-corrected chi connectivity index (χ3v) is 5.87. The Balaban J connectivity index is 4.29. The van der Waals surface area contributed by atoms with E-state index in [2.05, 4.69) is 78.3 Å². The van der Waals surface area contributed by atoms with Gasteiger partial charge in [-0.15, -0.1) is 0 Å². The summed E-state index contributed by atoms with van der Waals surface area (Å²) in [4.78, 5) is 48.2. The Kier molecular flexibility index (Phi) is 26.8. The largest absolute Gasteiger partial charge is 0.463 e. The second kappa shape index (κ2) is 29.3. The molecule has 0 aliphatic carbocycles. The van der Waals surface area contributed by atoms with Crippen LogP contribution >= 0.6 is 0 Å². The van der Waals surface area contributed by atoms with Crippen molar-refractivity contribution in [3.05, 3.63) is 72.9 Å². The highest BCUT2D eigenvalue weighted by Crippen LogP contribution is 2.04. The molecule has 4 N–H and O–H groups in total. The van der Waals surface area contributed by atoms with Gasteiger partial charge in [-0.3, -0.25) is 9.59 Å². The Bertz CT molecular complexity index is 978. The van der Waals surface area contributed by atoms with E-state index in [1.807, 2.05) is 0 Å². The maximum Gasteiger partial charge on any atom is 0.330 e. The van der Waals surface area contributed by atoms with Crippen molar-refractivity contribution < 1.29 is 38.9 Å². The molecule has 0 aromatic heterocycles. The van der Waals surface area contributed by atoms with Crippen LogP contribution < -0.4 is 10.6 Å². The minimum atomic E-state index is -1.13. The molecule has 0 heterocycles. The van der Waals surface area contributed by atoms with Gasteiger partial charge in [0.05, 0.1) is 19.8 Å². The highest BCUT2D eigenvalue weighted by molar-refractivity contribution is 5.96. The van der Waals surface area contributed by atoms with Crippen molar-refractivity contribution in [2.45, 2.75) is 90.2 Å². The summed E-state index contributed by atoms with van der Waals surface area (Å²) in [6, 6.07) is -1.11. The molecule has 10 nitrogen and oxygen atoms in total. The number of rotatable bonds is 25. The van der Waals surface area contributed by atoms with Gasteiger partial charge in [0.1, 0.15) is 12.1 Å². The lowest BCUT2D eigenvalue weighted by Crippen LogP contribution is -2.44. The molecule has 0 saturated carbocycles. The van der Waals surface area contributed by atoms with E-state index < -0.39 is 43.2 Å². The Morgan fingerprint density at radius 2 is 1.32 bits per heavy atom. The van der Waals surface area contributed by atoms with Crippen LogP contribution in [0.15, 0.2) is 72.9 Å². The van der Waals surface area contributed by atoms with E-state index in [4.69, 9.17) is 9.47 Å². The number of hydrogen-bond acceptors (Lipinski definition) is 8. The van der Waals surface area contributed by atoms with Gasteiger partial charge in [-0.2, -0.15) is 0 Å². The first kappa shape index (κ1) is 40.2. The van der Waals surface area contributed by atoms with Crippen molar-refractivity contribution in [1.29, 1.82) is 0 Å². The zero-order chi connectivity index (χ0) is 32.7. The minimum absolute atomic E-state index is 0.112. The number of nitrogens with one attached hydrogen (secondary N) is 2. The van der Waals surface area contributed by atoms with Gasteiger partial charge < -0.3 is 30.3 Å². The molecular formula is C34H52N2O8. The molecule has 44 heavy (non-hydrogen) atoms. The van der Waals surface area contributed by atoms with Crippen LogP contribution in [0.1, 0.15) is 78.1 Å². The van der Waals surface area contributed by atoms with E-state index in [1.54, 1.807) is 6.92 Å². The predicted octanol–water partition coefficient (Wildman–Crippen LogP) is 4.31. The molecule has 1 unspecified atom stereocenters. The Morgan fingerprint density at radius 3 is 1.86 bits per heavy atom. The van der Waals surface area contributed by atoms with E-state index in [1.165, 1.54) is 0 Å². The molecular weight excluding hydrogens is 564 g/mol. The third kappa shape index (κ3) is 24.8. The fourth-order valence-electron chi connectivity index (χ4n) is 3.55. The number of allylic oxidation sites excluding steroid dienone is 10. The van der Waals surface area contributed by atoms with Gasteiger partial charge in [0.2, 0.25) is 11.8 Å². The molecule has 10 heteroatoms. The first-order chi connectivity index (χ1) is 21.4. The molecule has 0 aliphatic heterocycles. The summed E-state index contributed by atoms with van der Waals surface area (Å²) >= 11 is 0. The zero-order valence-corrected chi connectivity index (χ0v) is 26.3. The number of aliphatic hydroxyl groups is 2. The van der Waals surface area contributed by atoms with E-state index >= 15 is 0 Å². The molecule has 246 valence electrons. The average Bonchev–Trinajstić information content (AvgIpc) is 3.01. The molecule has 0 radical (unpaired) electrons. The topological polar surface area (TPSA) is 151 Å². The number of amides is 2. The number of carbonyl (C=O) groups excluding carboxylic acids is 4. The molecule has 0 aromatic carbocycles. The minimum Gasteiger partial charge on any atom is -0.463 e. The highest BCUT2D eigenvalue weighted by Gasteiger charge is 2.24. The lowest BCUT2D eigenvalue weighted by atomic mass is 10.1. The quantitative estimate of drug-likeness (QED) is 0.0513. The summed E-state index contributed by atoms with van der Waals surface area (Å²) in [5.74, 6) is -2.38. The summed E-state index contributed by atoms with van der Waals surface area (Å²) in [5, 5.41) is 23.6. The second-order valence-electron chi connectivity index (χ2n) is 9.66. The van der Waals surface area contributed by atoms with Crippen LogP contribution in [0.5, 0.6) is 0 Å². The zero-order valence-electron chi connectivity index (χ0n) is 26.3. The average molecular weight is 617 g/mol. The fraction of sp³-hybridized carbons (Fsp3) is 0.529. The van der Waals surface area contributed by atoms with E-state index in [-0.39, 0.29) is 25.5 Å². The van der Waals surface area contributed by atoms with Gasteiger partial charge >= 0.3 is 11.9 Å². The van der Waals surface area contributed by atoms with Gasteiger partial charge in [0.15, 0.2) is 0 Å². The normalized spacial score (nSPS) is 12.8. The number of aliphatic hydroxyl groups excluding tert-OH is 2. The lowest BCUT2D eigenvalue weighted by Gasteiger charge is -2.20. The molecule has 0 spiro atoms. The van der Waals surface area contributed by atoms with Crippen molar-refractivity contribution in [2.75, 3.05) is 26.4 Å². The molecule has 0 bridgehead atoms. The van der Waals surface area contributed by atoms with Crippen LogP contribution in [0.3, 0.4) is 0 Å². The smallest absolute Gasteiger partial charge is 0.330 e. The molecule has 0 saturated heterocycles. The van der Waals surface area contributed by atoms with Crippen LogP contribution in [0.4, 0.5) is 0 Å². The first-order valence-electron chi connectivity index (χ1n) is 15.5. The first-order valence-corrected chi connectivity index (χ1v) is 15.5. The van der Waals surface area contributed by atoms with E-state index in [0.29, 0.717) is 19.3 Å². The summed E-state index contributed by atoms with van der Waals surface area (Å²) in [6.45, 7) is 3.02. The van der Waals surface area contributed by atoms with Crippen molar-refractivity contribution in [2.24, 2.45) is 0 Å². The van der Waals surface area contributed by atoms with Crippen molar-refractivity contribution in [1.82, 2.24) is 10.6 Å². The molecule has 1 atom stereocenters. The Labute approximate surface area is 262 Å². The van der Waals surface area contributed by atoms with Gasteiger partial charge in [-0.05, 0) is 64.7 Å². The van der Waals surface area contributed by atoms with Crippen LogP contribution in [0.25, 0.3) is 0 Å². The van der Waals surface area contributed by atoms with Crippen LogP contribution in [0, 0.1) is 0 Å². The third-order valence-electron chi connectivity index (χ3n) is 5.87. The molecule has 2 amide bonds. The SMILES string of the molecule is CC/C=C\C/C=C\C/C=C\C/C=C\C/C=C\CCCC(=O)NCCCC(NC(=O)/C=C/C(=O)OCC)C(=O)OC(CO)CO. The van der Waals surface area contributed by atoms with Gasteiger partial charge in [-0.1, -0.05) is 67.7 Å². The summed E-state index contributed by atoms with van der Waals surface area (Å²) in [7, 11) is 0. The van der Waals surface area contributed by atoms with Gasteiger partial charge in [0, 0.05) is 25.1 Å². The lowest BCUT2D eigenvalue weighted by molar-refractivity contribution is -0.157. The predicted molar refractivity (Wildman–Crippen MR) is 172 cm³/mol. The number of carbonyl (C=O) groups is 4. The highest BCUT2D eigenvalue weighted by atomic mass is 16.6. The maximum atomic E-state index is 12.5. The summed E-state index contributed by atoms with van der Waals surface area (Å²) in [5.41, 5.74) is 0. The van der Waals surface area contributed by atoms with E-state index in [0.717, 1.165) is 50.7 Å². The Morgan fingerprint density at radius 1 is 0.750 bits per heavy atom. The van der Waals surface area contributed by atoms with Crippen LogP contribution in [-0.4, -0.2) is 72.5 Å². The molecule has 0 aliphatic rings. The molecule has 0 fully saturated rings. The number of unbranched alkanes of at least 4 members (excludes halogenated alkanes) is 1. The van der Waals surface area contributed by atoms with Crippen molar-refractivity contribution >= 4 is 23.8 Å². The standard InChI is InChI=1S/C34H52N2O8/c1-3-5-6-7-8-9-10-11-12-13-14-15-16-17-18-19-20-23-31(39)35-26-21-22-30(34(42)44-29(27-37)28-38)36-32(40)24-25-33(41)43-4-2/h5-6,8-9,11-12,14-15,17-18,24-25,29-30,37-38H,3-4,7,10,13,16,19-23,26-28H2,1-2H3,(H,35,39)(H,36,40)/b6-5-,9-8-,12-11-,15-14-,18-17-,25-24+. The second-order valence-corrected chi connectivity index (χ2v) is 9.66. The number of ether oxygens (including phenoxy) is 2. The molecule has 0 aromatic rings. The van der Waals surface area contributed by atoms with Gasteiger partial charge in [-0.25, -0.2) is 9.59 Å².